The largest absolute Gasteiger partial charge is 1.00 e. The number of fused-ring (bicyclic) bond motifs is 1. The second-order valence-corrected chi connectivity index (χ2v) is 5.56. The number of nitrogens with two attached hydrogens (primary N) is 1. The predicted molar refractivity (Wildman–Crippen MR) is 66.6 cm³/mol. The Morgan fingerprint density at radius 1 is 1.39 bits per heavy atom. The van der Waals surface area contributed by atoms with Crippen LogP contribution in [0, 0.1) is 0 Å². The Labute approximate surface area is 115 Å². The summed E-state index contributed by atoms with van der Waals surface area (Å²) < 4.78 is 0. The monoisotopic (exact) mass is 271 g/mol. The van der Waals surface area contributed by atoms with E-state index in [0.29, 0.717) is 6.04 Å². The smallest absolute Gasteiger partial charge is 0.114 e. The molecule has 0 saturated carbocycles. The van der Waals surface area contributed by atoms with Crippen molar-refractivity contribution < 1.29 is 27.9 Å². The molecule has 0 saturated heterocycles. The molecule has 0 radical (unpaired) electrons. The molecule has 1 aromatic rings. The number of benzene rings is 1. The Kier molecular flexibility index (Phi) is 4.78. The van der Waals surface area contributed by atoms with E-state index in [1.54, 1.807) is 0 Å². The van der Waals surface area contributed by atoms with E-state index >= 15 is 0 Å². The van der Waals surface area contributed by atoms with Crippen molar-refractivity contribution >= 4 is 0 Å². The molecule has 0 aromatic heterocycles. The summed E-state index contributed by atoms with van der Waals surface area (Å²) >= 11 is 0. The molecule has 0 unspecified atom stereocenters. The average Bonchev–Trinajstić information content (AvgIpc) is 2.26. The van der Waals surface area contributed by atoms with E-state index in [9.17, 15) is 10.2 Å². The summed E-state index contributed by atoms with van der Waals surface area (Å²) in [5.74, 6) is 0. The second kappa shape index (κ2) is 5.57. The lowest BCUT2D eigenvalue weighted by Crippen LogP contribution is -3.00. The fourth-order valence-corrected chi connectivity index (χ4v) is 2.80. The molecule has 2 rings (SSSR count). The van der Waals surface area contributed by atoms with Crippen LogP contribution in [0.5, 0.6) is 0 Å². The number of aliphatic hydroxyl groups excluding tert-OH is 1. The van der Waals surface area contributed by atoms with E-state index in [0.717, 1.165) is 12.0 Å². The van der Waals surface area contributed by atoms with E-state index < -0.39 is 5.60 Å². The van der Waals surface area contributed by atoms with Crippen molar-refractivity contribution in [2.75, 3.05) is 6.61 Å². The van der Waals surface area contributed by atoms with E-state index in [1.807, 2.05) is 26.0 Å². The van der Waals surface area contributed by atoms with Crippen LogP contribution in [0.3, 0.4) is 0 Å². The molecule has 18 heavy (non-hydrogen) atoms. The van der Waals surface area contributed by atoms with Gasteiger partial charge in [0, 0.05) is 12.0 Å². The maximum absolute atomic E-state index is 10.2. The minimum Gasteiger partial charge on any atom is -1.00 e. The number of aliphatic hydroxyl groups is 2. The Morgan fingerprint density at radius 2 is 2.06 bits per heavy atom. The molecule has 0 fully saturated rings. The predicted octanol–water partition coefficient (Wildman–Crippen LogP) is -2.54. The lowest BCUT2D eigenvalue weighted by molar-refractivity contribution is -0.729. The Balaban J connectivity index is 0.00000162. The Morgan fingerprint density at radius 3 is 2.61 bits per heavy atom. The second-order valence-electron chi connectivity index (χ2n) is 5.56. The van der Waals surface area contributed by atoms with Crippen molar-refractivity contribution in [1.82, 2.24) is 0 Å². The van der Waals surface area contributed by atoms with Gasteiger partial charge in [0.15, 0.2) is 0 Å². The SMILES string of the molecule is C[C@@H]1[NH2+][C@@H](CO)Cc2c1cccc2C(C)(C)O.[Cl-]. The van der Waals surface area contributed by atoms with Crippen LogP contribution in [0.1, 0.15) is 43.5 Å². The van der Waals surface area contributed by atoms with Gasteiger partial charge in [-0.3, -0.25) is 0 Å². The standard InChI is InChI=1S/C14H21NO2.ClH/c1-9-11-5-4-6-13(14(2,3)17)12(11)7-10(8-16)15-9;/h4-6,9-10,15-17H,7-8H2,1-3H3;1H/t9-,10+;/m0./s1. The summed E-state index contributed by atoms with van der Waals surface area (Å²) in [5, 5.41) is 21.8. The number of quaternary nitrogens is 1. The summed E-state index contributed by atoms with van der Waals surface area (Å²) in [5.41, 5.74) is 2.68. The number of halogens is 1. The van der Waals surface area contributed by atoms with Crippen LogP contribution < -0.4 is 17.7 Å². The van der Waals surface area contributed by atoms with Gasteiger partial charge in [0.2, 0.25) is 0 Å². The van der Waals surface area contributed by atoms with Crippen molar-refractivity contribution in [3.8, 4) is 0 Å². The van der Waals surface area contributed by atoms with Crippen LogP contribution in [0.25, 0.3) is 0 Å². The molecule has 2 atom stereocenters. The maximum Gasteiger partial charge on any atom is 0.114 e. The molecule has 4 N–H and O–H groups in total. The molecule has 3 nitrogen and oxygen atoms in total. The first-order chi connectivity index (χ1) is 7.93. The highest BCUT2D eigenvalue weighted by atomic mass is 35.5. The molecule has 0 aliphatic carbocycles. The van der Waals surface area contributed by atoms with Crippen LogP contribution in [-0.2, 0) is 12.0 Å². The summed E-state index contributed by atoms with van der Waals surface area (Å²) in [6.45, 7) is 5.97. The normalized spacial score (nSPS) is 23.2. The minimum atomic E-state index is -0.817. The third-order valence-electron chi connectivity index (χ3n) is 3.62. The summed E-state index contributed by atoms with van der Waals surface area (Å²) in [7, 11) is 0. The zero-order chi connectivity index (χ0) is 12.6. The van der Waals surface area contributed by atoms with Gasteiger partial charge in [0.1, 0.15) is 12.1 Å². The fraction of sp³-hybridized carbons (Fsp3) is 0.571. The van der Waals surface area contributed by atoms with Gasteiger partial charge in [0.25, 0.3) is 0 Å². The molecule has 1 aliphatic heterocycles. The molecule has 0 amide bonds. The van der Waals surface area contributed by atoms with Crippen molar-refractivity contribution in [2.24, 2.45) is 0 Å². The van der Waals surface area contributed by atoms with Gasteiger partial charge < -0.3 is 27.9 Å². The highest BCUT2D eigenvalue weighted by Crippen LogP contribution is 2.30. The van der Waals surface area contributed by atoms with Gasteiger partial charge >= 0.3 is 0 Å². The van der Waals surface area contributed by atoms with E-state index in [1.165, 1.54) is 11.1 Å². The minimum absolute atomic E-state index is 0. The van der Waals surface area contributed by atoms with Crippen LogP contribution >= 0.6 is 0 Å². The van der Waals surface area contributed by atoms with Gasteiger partial charge in [-0.05, 0) is 31.9 Å². The number of hydrogen-bond donors (Lipinski definition) is 3. The molecule has 0 bridgehead atoms. The Bertz CT molecular complexity index is 415. The number of hydrogen-bond acceptors (Lipinski definition) is 2. The molecular weight excluding hydrogens is 250 g/mol. The quantitative estimate of drug-likeness (QED) is 0.555. The van der Waals surface area contributed by atoms with Gasteiger partial charge in [-0.15, -0.1) is 0 Å². The maximum atomic E-state index is 10.2. The van der Waals surface area contributed by atoms with Gasteiger partial charge in [-0.2, -0.15) is 0 Å². The first kappa shape index (κ1) is 15.4. The van der Waals surface area contributed by atoms with E-state index in [2.05, 4.69) is 18.3 Å². The molecule has 102 valence electrons. The molecule has 0 spiro atoms. The van der Waals surface area contributed by atoms with Crippen molar-refractivity contribution in [2.45, 2.75) is 44.9 Å². The van der Waals surface area contributed by atoms with Gasteiger partial charge in [-0.1, -0.05) is 18.2 Å². The Hall–Kier alpha value is -0.610. The zero-order valence-electron chi connectivity index (χ0n) is 11.2. The zero-order valence-corrected chi connectivity index (χ0v) is 11.9. The molecule has 1 aliphatic rings. The third kappa shape index (κ3) is 2.86. The summed E-state index contributed by atoms with van der Waals surface area (Å²) in [4.78, 5) is 0. The highest BCUT2D eigenvalue weighted by molar-refractivity contribution is 5.40. The lowest BCUT2D eigenvalue weighted by Gasteiger charge is -2.31. The van der Waals surface area contributed by atoms with Gasteiger partial charge in [-0.25, -0.2) is 0 Å². The topological polar surface area (TPSA) is 57.1 Å². The van der Waals surface area contributed by atoms with Crippen LogP contribution in [-0.4, -0.2) is 22.9 Å². The molecule has 1 aromatic carbocycles. The van der Waals surface area contributed by atoms with Crippen LogP contribution in [0.4, 0.5) is 0 Å². The van der Waals surface area contributed by atoms with Crippen molar-refractivity contribution in [3.05, 3.63) is 34.9 Å². The first-order valence-electron chi connectivity index (χ1n) is 6.24. The molecule has 1 heterocycles. The third-order valence-corrected chi connectivity index (χ3v) is 3.62. The van der Waals surface area contributed by atoms with Crippen LogP contribution in [0.2, 0.25) is 0 Å². The summed E-state index contributed by atoms with van der Waals surface area (Å²) in [6.07, 6.45) is 0.830. The van der Waals surface area contributed by atoms with Gasteiger partial charge in [0.05, 0.1) is 12.2 Å². The average molecular weight is 272 g/mol. The first-order valence-corrected chi connectivity index (χ1v) is 6.24. The lowest BCUT2D eigenvalue weighted by atomic mass is 9.82. The van der Waals surface area contributed by atoms with E-state index in [-0.39, 0.29) is 25.1 Å². The van der Waals surface area contributed by atoms with Crippen LogP contribution in [0.15, 0.2) is 18.2 Å². The number of rotatable bonds is 2. The summed E-state index contributed by atoms with van der Waals surface area (Å²) in [6, 6.07) is 6.68. The molecule has 4 heteroatoms. The van der Waals surface area contributed by atoms with E-state index in [4.69, 9.17) is 0 Å². The van der Waals surface area contributed by atoms with Crippen molar-refractivity contribution in [3.63, 3.8) is 0 Å². The van der Waals surface area contributed by atoms with Crippen molar-refractivity contribution in [1.29, 1.82) is 0 Å². The molecular formula is C14H22ClNO2. The fourth-order valence-electron chi connectivity index (χ4n) is 2.80. The highest BCUT2D eigenvalue weighted by Gasteiger charge is 2.31.